The number of nitrogens with zero attached hydrogens (tertiary/aromatic N) is 1. The molecule has 0 radical (unpaired) electrons. The molecule has 1 aliphatic carbocycles. The van der Waals surface area contributed by atoms with Crippen LogP contribution in [0.4, 0.5) is 0 Å². The van der Waals surface area contributed by atoms with Crippen LogP contribution in [0.25, 0.3) is 0 Å². The molecule has 1 aromatic heterocycles. The largest absolute Gasteiger partial charge is 0.381 e. The molecule has 110 valence electrons. The fourth-order valence-corrected chi connectivity index (χ4v) is 4.05. The minimum Gasteiger partial charge on any atom is -0.381 e. The third-order valence-electron chi connectivity index (χ3n) is 4.43. The Hall–Kier alpha value is -0.910. The molecule has 1 saturated carbocycles. The molecule has 1 amide bonds. The van der Waals surface area contributed by atoms with Crippen LogP contribution in [-0.4, -0.2) is 36.1 Å². The molecule has 3 rings (SSSR count). The molecule has 5 heteroatoms. The smallest absolute Gasteiger partial charge is 0.241 e. The van der Waals surface area contributed by atoms with Crippen LogP contribution >= 0.6 is 11.3 Å². The number of thiophene rings is 1. The molecule has 20 heavy (non-hydrogen) atoms. The molecule has 0 bridgehead atoms. The van der Waals surface area contributed by atoms with E-state index in [0.717, 1.165) is 19.3 Å². The normalized spacial score (nSPS) is 33.5. The molecule has 1 aliphatic heterocycles. The van der Waals surface area contributed by atoms with Gasteiger partial charge in [0.1, 0.15) is 6.17 Å². The third-order valence-corrected chi connectivity index (χ3v) is 5.48. The molecular formula is C15H22N2O2S. The van der Waals surface area contributed by atoms with E-state index in [9.17, 15) is 4.79 Å². The van der Waals surface area contributed by atoms with Crippen molar-refractivity contribution in [1.82, 2.24) is 10.2 Å². The van der Waals surface area contributed by atoms with E-state index in [4.69, 9.17) is 4.74 Å². The Morgan fingerprint density at radius 2 is 2.20 bits per heavy atom. The summed E-state index contributed by atoms with van der Waals surface area (Å²) in [7, 11) is 1.75. The van der Waals surface area contributed by atoms with Crippen molar-refractivity contribution in [3.63, 3.8) is 0 Å². The number of nitrogens with one attached hydrogen (secondary N) is 1. The van der Waals surface area contributed by atoms with Gasteiger partial charge >= 0.3 is 0 Å². The van der Waals surface area contributed by atoms with Gasteiger partial charge in [-0.25, -0.2) is 0 Å². The van der Waals surface area contributed by atoms with Crippen LogP contribution < -0.4 is 5.32 Å². The Morgan fingerprint density at radius 3 is 2.75 bits per heavy atom. The highest BCUT2D eigenvalue weighted by molar-refractivity contribution is 7.12. The van der Waals surface area contributed by atoms with Crippen molar-refractivity contribution in [2.75, 3.05) is 7.11 Å². The number of amides is 1. The summed E-state index contributed by atoms with van der Waals surface area (Å²) in [4.78, 5) is 17.2. The predicted octanol–water partition coefficient (Wildman–Crippen LogP) is 2.44. The second kappa shape index (κ2) is 5.47. The lowest BCUT2D eigenvalue weighted by atomic mass is 9.87. The highest BCUT2D eigenvalue weighted by Crippen LogP contribution is 2.38. The van der Waals surface area contributed by atoms with Crippen LogP contribution in [0.3, 0.4) is 0 Å². The van der Waals surface area contributed by atoms with Crippen LogP contribution in [0.15, 0.2) is 12.1 Å². The van der Waals surface area contributed by atoms with Crippen molar-refractivity contribution in [3.05, 3.63) is 21.9 Å². The fourth-order valence-electron chi connectivity index (χ4n) is 3.11. The molecule has 1 N–H and O–H groups in total. The van der Waals surface area contributed by atoms with E-state index < -0.39 is 0 Å². The molecule has 2 unspecified atom stereocenters. The van der Waals surface area contributed by atoms with Crippen LogP contribution in [0.2, 0.25) is 0 Å². The fraction of sp³-hybridized carbons (Fsp3) is 0.667. The molecule has 2 aliphatic rings. The van der Waals surface area contributed by atoms with Crippen molar-refractivity contribution >= 4 is 17.2 Å². The van der Waals surface area contributed by atoms with E-state index in [1.54, 1.807) is 18.4 Å². The average Bonchev–Trinajstić information content (AvgIpc) is 2.93. The van der Waals surface area contributed by atoms with Crippen LogP contribution in [0, 0.1) is 6.92 Å². The number of carbonyl (C=O) groups is 1. The van der Waals surface area contributed by atoms with Crippen molar-refractivity contribution in [2.45, 2.75) is 57.5 Å². The van der Waals surface area contributed by atoms with Gasteiger partial charge in [-0.15, -0.1) is 11.3 Å². The van der Waals surface area contributed by atoms with Gasteiger partial charge < -0.3 is 9.64 Å². The van der Waals surface area contributed by atoms with Gasteiger partial charge in [0.2, 0.25) is 5.91 Å². The zero-order valence-electron chi connectivity index (χ0n) is 12.3. The lowest BCUT2D eigenvalue weighted by molar-refractivity contribution is -0.137. The Morgan fingerprint density at radius 1 is 1.45 bits per heavy atom. The quantitative estimate of drug-likeness (QED) is 0.927. The number of hydrogen-bond acceptors (Lipinski definition) is 4. The van der Waals surface area contributed by atoms with E-state index in [-0.39, 0.29) is 18.1 Å². The zero-order chi connectivity index (χ0) is 14.3. The SMILES string of the molecule is CCC1NC(c2ccc(C)s2)N(C2CC(OC)C2)C1=O. The van der Waals surface area contributed by atoms with E-state index in [2.05, 4.69) is 36.2 Å². The maximum Gasteiger partial charge on any atom is 0.241 e. The first kappa shape index (κ1) is 14.0. The topological polar surface area (TPSA) is 41.6 Å². The van der Waals surface area contributed by atoms with Crippen molar-refractivity contribution in [2.24, 2.45) is 0 Å². The van der Waals surface area contributed by atoms with Gasteiger partial charge in [-0.3, -0.25) is 10.1 Å². The number of carbonyl (C=O) groups excluding carboxylic acids is 1. The minimum absolute atomic E-state index is 0.0380. The van der Waals surface area contributed by atoms with Gasteiger partial charge in [-0.2, -0.15) is 0 Å². The summed E-state index contributed by atoms with van der Waals surface area (Å²) in [5.74, 6) is 0.253. The second-order valence-corrected chi connectivity index (χ2v) is 7.03. The van der Waals surface area contributed by atoms with Crippen molar-refractivity contribution < 1.29 is 9.53 Å². The Balaban J connectivity index is 1.81. The number of aryl methyl sites for hydroxylation is 1. The Bertz CT molecular complexity index is 496. The number of methoxy groups -OCH3 is 1. The van der Waals surface area contributed by atoms with Gasteiger partial charge in [0.25, 0.3) is 0 Å². The molecule has 4 nitrogen and oxygen atoms in total. The van der Waals surface area contributed by atoms with Gasteiger partial charge in [-0.1, -0.05) is 6.92 Å². The monoisotopic (exact) mass is 294 g/mol. The van der Waals surface area contributed by atoms with Crippen LogP contribution in [0.1, 0.15) is 42.1 Å². The van der Waals surface area contributed by atoms with E-state index >= 15 is 0 Å². The lowest BCUT2D eigenvalue weighted by Crippen LogP contribution is -2.50. The maximum atomic E-state index is 12.6. The predicted molar refractivity (Wildman–Crippen MR) is 79.7 cm³/mol. The Labute approximate surface area is 124 Å². The maximum absolute atomic E-state index is 12.6. The summed E-state index contributed by atoms with van der Waals surface area (Å²) in [5, 5.41) is 3.50. The van der Waals surface area contributed by atoms with Gasteiger partial charge in [0, 0.05) is 22.9 Å². The summed E-state index contributed by atoms with van der Waals surface area (Å²) in [6, 6.07) is 4.55. The molecule has 0 spiro atoms. The van der Waals surface area contributed by atoms with Gasteiger partial charge in [0.05, 0.1) is 12.1 Å². The molecular weight excluding hydrogens is 272 g/mol. The van der Waals surface area contributed by atoms with Crippen LogP contribution in [0.5, 0.6) is 0 Å². The highest BCUT2D eigenvalue weighted by atomic mass is 32.1. The third kappa shape index (κ3) is 2.28. The van der Waals surface area contributed by atoms with Crippen molar-refractivity contribution in [3.8, 4) is 0 Å². The summed E-state index contributed by atoms with van der Waals surface area (Å²) < 4.78 is 5.35. The summed E-state index contributed by atoms with van der Waals surface area (Å²) in [5.41, 5.74) is 0. The number of rotatable bonds is 4. The number of hydrogen-bond donors (Lipinski definition) is 1. The Kier molecular flexibility index (Phi) is 3.84. The molecule has 2 fully saturated rings. The summed E-state index contributed by atoms with van der Waals surface area (Å²) in [6.07, 6.45) is 3.13. The zero-order valence-corrected chi connectivity index (χ0v) is 13.1. The first-order valence-corrected chi connectivity index (χ1v) is 8.13. The molecule has 0 aromatic carbocycles. The van der Waals surface area contributed by atoms with E-state index in [1.165, 1.54) is 9.75 Å². The van der Waals surface area contributed by atoms with Crippen molar-refractivity contribution in [1.29, 1.82) is 0 Å². The average molecular weight is 294 g/mol. The highest BCUT2D eigenvalue weighted by Gasteiger charge is 2.47. The second-order valence-electron chi connectivity index (χ2n) is 5.71. The van der Waals surface area contributed by atoms with Crippen LogP contribution in [-0.2, 0) is 9.53 Å². The first-order valence-electron chi connectivity index (χ1n) is 7.31. The molecule has 1 aromatic rings. The minimum atomic E-state index is -0.0380. The molecule has 2 heterocycles. The van der Waals surface area contributed by atoms with E-state index in [0.29, 0.717) is 12.1 Å². The van der Waals surface area contributed by atoms with E-state index in [1.807, 2.05) is 0 Å². The summed E-state index contributed by atoms with van der Waals surface area (Å²) in [6.45, 7) is 4.17. The van der Waals surface area contributed by atoms with Gasteiger partial charge in [-0.05, 0) is 38.3 Å². The first-order chi connectivity index (χ1) is 9.63. The number of ether oxygens (including phenoxy) is 1. The summed E-state index contributed by atoms with van der Waals surface area (Å²) >= 11 is 1.77. The molecule has 2 atom stereocenters. The lowest BCUT2D eigenvalue weighted by Gasteiger charge is -2.42. The standard InChI is InChI=1S/C15H22N2O2S/c1-4-12-15(18)17(10-7-11(8-10)19-3)14(16-12)13-6-5-9(2)20-13/h5-6,10-12,14,16H,4,7-8H2,1-3H3. The van der Waals surface area contributed by atoms with Gasteiger partial charge in [0.15, 0.2) is 0 Å². The molecule has 1 saturated heterocycles.